The third kappa shape index (κ3) is 1.60. The molecule has 0 radical (unpaired) electrons. The molecular weight excluding hydrogens is 207 g/mol. The Balaban J connectivity index is 2.44. The molecule has 0 spiro atoms. The number of aryl methyl sites for hydroxylation is 2. The van der Waals surface area contributed by atoms with Crippen LogP contribution in [-0.4, -0.2) is 11.1 Å². The lowest BCUT2D eigenvalue weighted by molar-refractivity contribution is -0.151. The van der Waals surface area contributed by atoms with E-state index in [1.165, 1.54) is 5.56 Å². The molecule has 2 nitrogen and oxygen atoms in total. The SMILES string of the molecule is CCC(F)(C(=O)O)c1ccc2c(c1)CCC2. The summed E-state index contributed by atoms with van der Waals surface area (Å²) < 4.78 is 14.2. The number of hydrogen-bond donors (Lipinski definition) is 1. The summed E-state index contributed by atoms with van der Waals surface area (Å²) in [6.45, 7) is 1.56. The highest BCUT2D eigenvalue weighted by Gasteiger charge is 2.39. The lowest BCUT2D eigenvalue weighted by Gasteiger charge is -2.20. The van der Waals surface area contributed by atoms with Crippen LogP contribution in [0.4, 0.5) is 4.39 Å². The Bertz CT molecular complexity index is 428. The van der Waals surface area contributed by atoms with Crippen LogP contribution >= 0.6 is 0 Å². The van der Waals surface area contributed by atoms with Crippen molar-refractivity contribution in [2.45, 2.75) is 38.3 Å². The van der Waals surface area contributed by atoms with Crippen LogP contribution in [0, 0.1) is 0 Å². The molecule has 0 saturated carbocycles. The summed E-state index contributed by atoms with van der Waals surface area (Å²) in [6.07, 6.45) is 3.00. The molecule has 3 heteroatoms. The summed E-state index contributed by atoms with van der Waals surface area (Å²) in [6, 6.07) is 5.20. The van der Waals surface area contributed by atoms with E-state index in [2.05, 4.69) is 0 Å². The first-order valence-corrected chi connectivity index (χ1v) is 5.62. The number of rotatable bonds is 3. The Morgan fingerprint density at radius 3 is 2.75 bits per heavy atom. The van der Waals surface area contributed by atoms with Crippen LogP contribution in [0.15, 0.2) is 18.2 Å². The number of alkyl halides is 1. The molecule has 0 saturated heterocycles. The van der Waals surface area contributed by atoms with Crippen molar-refractivity contribution in [3.63, 3.8) is 0 Å². The zero-order valence-corrected chi connectivity index (χ0v) is 9.29. The molecule has 0 aromatic heterocycles. The minimum Gasteiger partial charge on any atom is -0.479 e. The number of benzene rings is 1. The third-order valence-corrected chi connectivity index (χ3v) is 3.38. The van der Waals surface area contributed by atoms with Crippen molar-refractivity contribution in [2.24, 2.45) is 0 Å². The van der Waals surface area contributed by atoms with E-state index in [0.29, 0.717) is 0 Å². The van der Waals surface area contributed by atoms with E-state index in [4.69, 9.17) is 5.11 Å². The first-order valence-electron chi connectivity index (χ1n) is 5.62. The Kier molecular flexibility index (Phi) is 2.70. The van der Waals surface area contributed by atoms with Crippen LogP contribution in [-0.2, 0) is 23.3 Å². The van der Waals surface area contributed by atoms with Gasteiger partial charge >= 0.3 is 5.97 Å². The Hall–Kier alpha value is -1.38. The summed E-state index contributed by atoms with van der Waals surface area (Å²) >= 11 is 0. The van der Waals surface area contributed by atoms with E-state index in [0.717, 1.165) is 24.8 Å². The molecule has 86 valence electrons. The van der Waals surface area contributed by atoms with Crippen molar-refractivity contribution in [2.75, 3.05) is 0 Å². The second-order valence-corrected chi connectivity index (χ2v) is 4.30. The lowest BCUT2D eigenvalue weighted by atomic mass is 9.91. The van der Waals surface area contributed by atoms with E-state index in [-0.39, 0.29) is 12.0 Å². The van der Waals surface area contributed by atoms with Crippen LogP contribution < -0.4 is 0 Å². The van der Waals surface area contributed by atoms with Crippen LogP contribution in [0.25, 0.3) is 0 Å². The summed E-state index contributed by atoms with van der Waals surface area (Å²) in [4.78, 5) is 11.0. The predicted octanol–water partition coefficient (Wildman–Crippen LogP) is 2.83. The van der Waals surface area contributed by atoms with E-state index < -0.39 is 11.6 Å². The normalized spacial score (nSPS) is 17.9. The summed E-state index contributed by atoms with van der Waals surface area (Å²) in [5, 5.41) is 8.96. The van der Waals surface area contributed by atoms with Gasteiger partial charge in [0.05, 0.1) is 0 Å². The quantitative estimate of drug-likeness (QED) is 0.853. The molecule has 1 aromatic carbocycles. The minimum atomic E-state index is -2.24. The smallest absolute Gasteiger partial charge is 0.346 e. The minimum absolute atomic E-state index is 0.0406. The van der Waals surface area contributed by atoms with Crippen LogP contribution in [0.2, 0.25) is 0 Å². The summed E-state index contributed by atoms with van der Waals surface area (Å²) in [5.41, 5.74) is 0.377. The maximum Gasteiger partial charge on any atom is 0.346 e. The number of carboxylic acids is 1. The molecule has 0 amide bonds. The maximum atomic E-state index is 14.2. The van der Waals surface area contributed by atoms with Gasteiger partial charge in [-0.1, -0.05) is 25.1 Å². The molecule has 1 aromatic rings. The molecule has 16 heavy (non-hydrogen) atoms. The number of carbonyl (C=O) groups is 1. The van der Waals surface area contributed by atoms with Crippen LogP contribution in [0.1, 0.15) is 36.5 Å². The Morgan fingerprint density at radius 1 is 1.44 bits per heavy atom. The number of carboxylic acid groups (broad SMARTS) is 1. The van der Waals surface area contributed by atoms with Gasteiger partial charge in [0, 0.05) is 5.56 Å². The van der Waals surface area contributed by atoms with Gasteiger partial charge in [0.1, 0.15) is 0 Å². The van der Waals surface area contributed by atoms with Gasteiger partial charge in [-0.2, -0.15) is 0 Å². The van der Waals surface area contributed by atoms with Gasteiger partial charge in [-0.25, -0.2) is 9.18 Å². The van der Waals surface area contributed by atoms with Crippen LogP contribution in [0.3, 0.4) is 0 Å². The molecule has 1 N–H and O–H groups in total. The van der Waals surface area contributed by atoms with E-state index in [9.17, 15) is 9.18 Å². The van der Waals surface area contributed by atoms with Gasteiger partial charge in [0.15, 0.2) is 0 Å². The fourth-order valence-corrected chi connectivity index (χ4v) is 2.30. The van der Waals surface area contributed by atoms with Crippen molar-refractivity contribution in [1.29, 1.82) is 0 Å². The molecule has 1 aliphatic rings. The van der Waals surface area contributed by atoms with E-state index in [1.54, 1.807) is 19.1 Å². The van der Waals surface area contributed by atoms with Crippen LogP contribution in [0.5, 0.6) is 0 Å². The second kappa shape index (κ2) is 3.89. The molecule has 1 aliphatic carbocycles. The van der Waals surface area contributed by atoms with Gasteiger partial charge in [0.25, 0.3) is 0 Å². The molecular formula is C13H15FO2. The van der Waals surface area contributed by atoms with Gasteiger partial charge in [0.2, 0.25) is 5.67 Å². The second-order valence-electron chi connectivity index (χ2n) is 4.30. The van der Waals surface area contributed by atoms with Gasteiger partial charge in [-0.3, -0.25) is 0 Å². The molecule has 0 heterocycles. The summed E-state index contributed by atoms with van der Waals surface area (Å²) in [7, 11) is 0. The first-order chi connectivity index (χ1) is 7.58. The topological polar surface area (TPSA) is 37.3 Å². The van der Waals surface area contributed by atoms with Crippen molar-refractivity contribution in [3.05, 3.63) is 34.9 Å². The zero-order chi connectivity index (χ0) is 11.8. The standard InChI is InChI=1S/C13H15FO2/c1-2-13(14,12(15)16)11-7-6-9-4-3-5-10(9)8-11/h6-8H,2-5H2,1H3,(H,15,16). The predicted molar refractivity (Wildman–Crippen MR) is 59.2 cm³/mol. The first kappa shape index (κ1) is 11.1. The maximum absolute atomic E-state index is 14.2. The number of fused-ring (bicyclic) bond motifs is 1. The highest BCUT2D eigenvalue weighted by atomic mass is 19.1. The van der Waals surface area contributed by atoms with Gasteiger partial charge in [-0.15, -0.1) is 0 Å². The van der Waals surface area contributed by atoms with Crippen molar-refractivity contribution < 1.29 is 14.3 Å². The zero-order valence-electron chi connectivity index (χ0n) is 9.29. The largest absolute Gasteiger partial charge is 0.479 e. The molecule has 0 fully saturated rings. The van der Waals surface area contributed by atoms with Crippen molar-refractivity contribution in [3.8, 4) is 0 Å². The average Bonchev–Trinajstić information content (AvgIpc) is 2.74. The van der Waals surface area contributed by atoms with Gasteiger partial charge < -0.3 is 5.11 Å². The fraction of sp³-hybridized carbons (Fsp3) is 0.462. The van der Waals surface area contributed by atoms with E-state index >= 15 is 0 Å². The number of halogens is 1. The van der Waals surface area contributed by atoms with Crippen molar-refractivity contribution in [1.82, 2.24) is 0 Å². The van der Waals surface area contributed by atoms with Gasteiger partial charge in [-0.05, 0) is 36.8 Å². The molecule has 1 unspecified atom stereocenters. The molecule has 2 rings (SSSR count). The van der Waals surface area contributed by atoms with E-state index in [1.807, 2.05) is 6.07 Å². The van der Waals surface area contributed by atoms with Crippen molar-refractivity contribution >= 4 is 5.97 Å². The third-order valence-electron chi connectivity index (χ3n) is 3.38. The number of aliphatic carboxylic acids is 1. The number of hydrogen-bond acceptors (Lipinski definition) is 1. The highest BCUT2D eigenvalue weighted by Crippen LogP contribution is 2.33. The fourth-order valence-electron chi connectivity index (χ4n) is 2.30. The molecule has 0 aliphatic heterocycles. The Labute approximate surface area is 94.1 Å². The highest BCUT2D eigenvalue weighted by molar-refractivity contribution is 5.79. The average molecular weight is 222 g/mol. The summed E-state index contributed by atoms with van der Waals surface area (Å²) in [5.74, 6) is -1.40. The monoisotopic (exact) mass is 222 g/mol. The molecule has 0 bridgehead atoms. The lowest BCUT2D eigenvalue weighted by Crippen LogP contribution is -2.30. The Morgan fingerprint density at radius 2 is 2.12 bits per heavy atom. The molecule has 1 atom stereocenters.